The van der Waals surface area contributed by atoms with Crippen molar-refractivity contribution in [1.29, 1.82) is 0 Å². The third-order valence-corrected chi connectivity index (χ3v) is 5.02. The van der Waals surface area contributed by atoms with Crippen LogP contribution in [0, 0.1) is 11.6 Å². The minimum Gasteiger partial charge on any atom is -0.497 e. The maximum atomic E-state index is 13.9. The second-order valence-electron chi connectivity index (χ2n) is 7.04. The lowest BCUT2D eigenvalue weighted by molar-refractivity contribution is -0.123. The number of nitrogens with two attached hydrogens (primary N) is 1. The number of hydrogen-bond donors (Lipinski definition) is 1. The molecule has 0 saturated carbocycles. The molecule has 0 aliphatic carbocycles. The number of primary amides is 1. The first kappa shape index (κ1) is 22.0. The van der Waals surface area contributed by atoms with Crippen molar-refractivity contribution in [3.8, 4) is 5.75 Å². The summed E-state index contributed by atoms with van der Waals surface area (Å²) >= 11 is 0. The van der Waals surface area contributed by atoms with Crippen LogP contribution in [0.5, 0.6) is 5.75 Å². The molecule has 31 heavy (non-hydrogen) atoms. The van der Waals surface area contributed by atoms with Crippen LogP contribution in [0.25, 0.3) is 0 Å². The Morgan fingerprint density at radius 3 is 2.00 bits per heavy atom. The summed E-state index contributed by atoms with van der Waals surface area (Å²) in [6, 6.07) is 15.8. The number of ether oxygens (including phenoxy) is 1. The van der Waals surface area contributed by atoms with Crippen LogP contribution in [0.1, 0.15) is 40.5 Å². The number of halogens is 2. The Balaban J connectivity index is 2.13. The summed E-state index contributed by atoms with van der Waals surface area (Å²) in [6.07, 6.45) is 0. The highest BCUT2D eigenvalue weighted by Gasteiger charge is 2.35. The van der Waals surface area contributed by atoms with Gasteiger partial charge in [0.2, 0.25) is 5.91 Å². The topological polar surface area (TPSA) is 72.6 Å². The molecule has 0 saturated heterocycles. The van der Waals surface area contributed by atoms with Gasteiger partial charge in [-0.05, 0) is 54.4 Å². The number of carbonyl (C=O) groups is 2. The van der Waals surface area contributed by atoms with E-state index in [2.05, 4.69) is 0 Å². The van der Waals surface area contributed by atoms with Crippen molar-refractivity contribution in [2.75, 3.05) is 7.11 Å². The molecule has 2 N–H and O–H groups in total. The molecule has 0 aromatic heterocycles. The fraction of sp³-hybridized carbons (Fsp3) is 0.167. The summed E-state index contributed by atoms with van der Waals surface area (Å²) in [5, 5.41) is 0. The number of methoxy groups -OCH3 is 1. The molecule has 0 aliphatic rings. The average molecular weight is 424 g/mol. The Morgan fingerprint density at radius 1 is 0.903 bits per heavy atom. The number of amides is 2. The van der Waals surface area contributed by atoms with Crippen LogP contribution >= 0.6 is 0 Å². The van der Waals surface area contributed by atoms with Gasteiger partial charge in [-0.15, -0.1) is 0 Å². The summed E-state index contributed by atoms with van der Waals surface area (Å²) in [6.45, 7) is 1.59. The number of hydrogen-bond acceptors (Lipinski definition) is 3. The Morgan fingerprint density at radius 2 is 1.48 bits per heavy atom. The summed E-state index contributed by atoms with van der Waals surface area (Å²) in [7, 11) is 1.50. The molecule has 5 nitrogen and oxygen atoms in total. The van der Waals surface area contributed by atoms with Gasteiger partial charge in [-0.2, -0.15) is 0 Å². The summed E-state index contributed by atoms with van der Waals surface area (Å²) < 4.78 is 32.9. The average Bonchev–Trinajstić information content (AvgIpc) is 2.76. The maximum Gasteiger partial charge on any atom is 0.255 e. The highest BCUT2D eigenvalue weighted by atomic mass is 19.1. The first-order chi connectivity index (χ1) is 14.8. The Hall–Kier alpha value is -3.74. The second kappa shape index (κ2) is 9.38. The Labute approximate surface area is 179 Å². The third-order valence-electron chi connectivity index (χ3n) is 5.02. The molecule has 2 amide bonds. The molecule has 0 aliphatic heterocycles. The van der Waals surface area contributed by atoms with Crippen LogP contribution in [0.4, 0.5) is 8.78 Å². The minimum absolute atomic E-state index is 0.196. The van der Waals surface area contributed by atoms with E-state index in [1.807, 2.05) is 0 Å². The van der Waals surface area contributed by atoms with Gasteiger partial charge in [0.15, 0.2) is 0 Å². The maximum absolute atomic E-state index is 13.9. The van der Waals surface area contributed by atoms with Gasteiger partial charge < -0.3 is 15.4 Å². The summed E-state index contributed by atoms with van der Waals surface area (Å²) in [5.41, 5.74) is 6.66. The fourth-order valence-electron chi connectivity index (χ4n) is 3.47. The molecule has 0 fully saturated rings. The molecular formula is C24H22F2N2O3. The van der Waals surface area contributed by atoms with Crippen LogP contribution in [0.15, 0.2) is 72.8 Å². The molecule has 3 rings (SSSR count). The van der Waals surface area contributed by atoms with E-state index in [0.717, 1.165) is 18.2 Å². The standard InChI is InChI=1S/C24H22F2N2O3/c1-15(18-12-19(25)14-20(26)13-18)28(22(23(27)29)16-6-4-3-5-7-16)24(30)17-8-10-21(31-2)11-9-17/h3-15,22H,1-2H3,(H2,27,29)/t15-,22-/m1/s1. The van der Waals surface area contributed by atoms with Crippen LogP contribution in [-0.4, -0.2) is 23.8 Å². The SMILES string of the molecule is COc1ccc(C(=O)N([C@H](C)c2cc(F)cc(F)c2)[C@@H](C(N)=O)c2ccccc2)cc1. The second-order valence-corrected chi connectivity index (χ2v) is 7.04. The van der Waals surface area contributed by atoms with E-state index in [-0.39, 0.29) is 11.1 Å². The van der Waals surface area contributed by atoms with Gasteiger partial charge in [-0.3, -0.25) is 9.59 Å². The Kier molecular flexibility index (Phi) is 6.65. The van der Waals surface area contributed by atoms with E-state index >= 15 is 0 Å². The van der Waals surface area contributed by atoms with Crippen LogP contribution < -0.4 is 10.5 Å². The molecule has 0 spiro atoms. The van der Waals surface area contributed by atoms with Gasteiger partial charge in [0.25, 0.3) is 5.91 Å². The molecule has 0 heterocycles. The van der Waals surface area contributed by atoms with Gasteiger partial charge in [-0.25, -0.2) is 8.78 Å². The molecule has 7 heteroatoms. The molecule has 160 valence electrons. The minimum atomic E-state index is -1.16. The first-order valence-electron chi connectivity index (χ1n) is 9.58. The zero-order chi connectivity index (χ0) is 22.5. The van der Waals surface area contributed by atoms with Gasteiger partial charge in [0, 0.05) is 11.6 Å². The van der Waals surface area contributed by atoms with Gasteiger partial charge in [0.1, 0.15) is 23.4 Å². The summed E-state index contributed by atoms with van der Waals surface area (Å²) in [5.74, 6) is -2.30. The summed E-state index contributed by atoms with van der Waals surface area (Å²) in [4.78, 5) is 27.3. The molecule has 0 unspecified atom stereocenters. The predicted molar refractivity (Wildman–Crippen MR) is 112 cm³/mol. The van der Waals surface area contributed by atoms with E-state index in [4.69, 9.17) is 10.5 Å². The molecule has 2 atom stereocenters. The van der Waals surface area contributed by atoms with Crippen LogP contribution in [0.2, 0.25) is 0 Å². The monoisotopic (exact) mass is 424 g/mol. The van der Waals surface area contributed by atoms with Gasteiger partial charge in [-0.1, -0.05) is 30.3 Å². The van der Waals surface area contributed by atoms with E-state index in [9.17, 15) is 18.4 Å². The lowest BCUT2D eigenvalue weighted by atomic mass is 9.97. The molecular weight excluding hydrogens is 402 g/mol. The van der Waals surface area contributed by atoms with Crippen molar-refractivity contribution in [2.45, 2.75) is 19.0 Å². The molecule has 3 aromatic rings. The highest BCUT2D eigenvalue weighted by Crippen LogP contribution is 2.33. The van der Waals surface area contributed by atoms with Crippen molar-refractivity contribution in [3.05, 3.63) is 101 Å². The zero-order valence-electron chi connectivity index (χ0n) is 17.1. The van der Waals surface area contributed by atoms with Crippen molar-refractivity contribution >= 4 is 11.8 Å². The van der Waals surface area contributed by atoms with Crippen LogP contribution in [-0.2, 0) is 4.79 Å². The molecule has 3 aromatic carbocycles. The number of carbonyl (C=O) groups excluding carboxylic acids is 2. The Bertz CT molecular complexity index is 1050. The van der Waals surface area contributed by atoms with E-state index in [1.165, 1.54) is 12.0 Å². The van der Waals surface area contributed by atoms with Gasteiger partial charge >= 0.3 is 0 Å². The quantitative estimate of drug-likeness (QED) is 0.611. The van der Waals surface area contributed by atoms with Crippen molar-refractivity contribution in [3.63, 3.8) is 0 Å². The number of rotatable bonds is 7. The number of benzene rings is 3. The lowest BCUT2D eigenvalue weighted by Crippen LogP contribution is -2.43. The largest absolute Gasteiger partial charge is 0.497 e. The van der Waals surface area contributed by atoms with Gasteiger partial charge in [0.05, 0.1) is 13.2 Å². The smallest absolute Gasteiger partial charge is 0.255 e. The fourth-order valence-corrected chi connectivity index (χ4v) is 3.47. The predicted octanol–water partition coefficient (Wildman–Crippen LogP) is 4.40. The van der Waals surface area contributed by atoms with Crippen molar-refractivity contribution < 1.29 is 23.1 Å². The normalized spacial score (nSPS) is 12.6. The highest BCUT2D eigenvalue weighted by molar-refractivity contribution is 5.98. The zero-order valence-corrected chi connectivity index (χ0v) is 17.1. The van der Waals surface area contributed by atoms with Crippen molar-refractivity contribution in [1.82, 2.24) is 4.90 Å². The first-order valence-corrected chi connectivity index (χ1v) is 9.58. The van der Waals surface area contributed by atoms with E-state index < -0.39 is 35.5 Å². The van der Waals surface area contributed by atoms with E-state index in [0.29, 0.717) is 11.3 Å². The number of nitrogens with zero attached hydrogens (tertiary/aromatic N) is 1. The van der Waals surface area contributed by atoms with E-state index in [1.54, 1.807) is 61.5 Å². The van der Waals surface area contributed by atoms with Crippen LogP contribution in [0.3, 0.4) is 0 Å². The molecule has 0 bridgehead atoms. The lowest BCUT2D eigenvalue weighted by Gasteiger charge is -2.35. The van der Waals surface area contributed by atoms with Crippen molar-refractivity contribution in [2.24, 2.45) is 5.73 Å². The molecule has 0 radical (unpaired) electrons. The third kappa shape index (κ3) is 4.88.